The Morgan fingerprint density at radius 3 is 0.446 bits per heavy atom. The first-order valence-corrected chi connectivity index (χ1v) is 55.3. The molecule has 0 saturated carbocycles. The van der Waals surface area contributed by atoms with E-state index in [0.717, 1.165) is 366 Å². The van der Waals surface area contributed by atoms with E-state index in [2.05, 4.69) is 83.1 Å². The Kier molecular flexibility index (Phi) is 80.2. The number of aliphatic hydroxyl groups is 1. The second-order valence-electron chi connectivity index (χ2n) is 40.0. The highest BCUT2D eigenvalue weighted by Crippen LogP contribution is 2.56. The van der Waals surface area contributed by atoms with Gasteiger partial charge in [0, 0.05) is 35.5 Å². The quantitative estimate of drug-likeness (QED) is 0.0368. The first-order chi connectivity index (χ1) is 58.8. The molecule has 0 saturated heterocycles. The van der Waals surface area contributed by atoms with Gasteiger partial charge in [-0.25, -0.2) is 4.79 Å². The molecular formula is C111H215F3O7. The molecule has 0 aromatic heterocycles. The van der Waals surface area contributed by atoms with Crippen molar-refractivity contribution in [2.75, 3.05) is 0 Å². The highest BCUT2D eigenvalue weighted by atomic mass is 19.2. The molecule has 7 nitrogen and oxygen atoms in total. The third kappa shape index (κ3) is 57.1. The van der Waals surface area contributed by atoms with Crippen molar-refractivity contribution in [2.24, 2.45) is 16.2 Å². The fourth-order valence-corrected chi connectivity index (χ4v) is 20.6. The van der Waals surface area contributed by atoms with Crippen LogP contribution in [-0.4, -0.2) is 46.2 Å². The molecule has 1 N–H and O–H groups in total. The molecule has 0 radical (unpaired) electrons. The smallest absolute Gasteiger partial charge is 0.342 e. The van der Waals surface area contributed by atoms with Gasteiger partial charge in [-0.2, -0.15) is 13.2 Å². The number of alkyl halides is 3. The van der Waals surface area contributed by atoms with Crippen molar-refractivity contribution < 1.29 is 46.9 Å². The highest BCUT2D eigenvalue weighted by molar-refractivity contribution is 5.90. The number of carbonyl (C=O) groups excluding carboxylic acids is 3. The topological polar surface area (TPSA) is 99.1 Å². The molecule has 0 fully saturated rings. The van der Waals surface area contributed by atoms with E-state index in [9.17, 15) is 5.11 Å². The summed E-state index contributed by atoms with van der Waals surface area (Å²) in [7, 11) is 0. The summed E-state index contributed by atoms with van der Waals surface area (Å²) in [4.78, 5) is 49.4. The third-order valence-electron chi connectivity index (χ3n) is 28.8. The molecule has 0 amide bonds. The lowest BCUT2D eigenvalue weighted by Crippen LogP contribution is -2.55. The lowest BCUT2D eigenvalue weighted by molar-refractivity contribution is -0.255. The lowest BCUT2D eigenvalue weighted by atomic mass is 9.67. The summed E-state index contributed by atoms with van der Waals surface area (Å²) in [6.07, 6.45) is 78.0. The van der Waals surface area contributed by atoms with E-state index in [1.807, 2.05) is 0 Å². The van der Waals surface area contributed by atoms with Crippen LogP contribution in [0.2, 0.25) is 0 Å². The lowest BCUT2D eigenvalue weighted by Gasteiger charge is -2.47. The minimum Gasteiger partial charge on any atom is -0.428 e. The number of carbonyl (C=O) groups is 3. The number of rotatable bonds is 98. The average molecular weight is 1720 g/mol. The fourth-order valence-electron chi connectivity index (χ4n) is 20.6. The molecule has 0 rings (SSSR count). The van der Waals surface area contributed by atoms with Crippen molar-refractivity contribution in [3.63, 3.8) is 0 Å². The Morgan fingerprint density at radius 2 is 0.298 bits per heavy atom. The number of ether oxygens (including phenoxy) is 3. The van der Waals surface area contributed by atoms with Gasteiger partial charge in [-0.05, 0) is 77.0 Å². The number of hydrogen-bond acceptors (Lipinski definition) is 7. The van der Waals surface area contributed by atoms with Gasteiger partial charge in [0.15, 0.2) is 5.60 Å². The summed E-state index contributed by atoms with van der Waals surface area (Å²) in [5, 5.41) is 14.3. The number of hydrogen-bond donors (Lipinski definition) is 1. The van der Waals surface area contributed by atoms with Gasteiger partial charge in [0.1, 0.15) is 0 Å². The minimum atomic E-state index is -3.12. The van der Waals surface area contributed by atoms with Crippen LogP contribution in [0.3, 0.4) is 0 Å². The van der Waals surface area contributed by atoms with Crippen molar-refractivity contribution >= 4 is 17.9 Å². The first kappa shape index (κ1) is 119. The van der Waals surface area contributed by atoms with E-state index in [0.29, 0.717) is 77.0 Å². The normalized spacial score (nSPS) is 14.3. The maximum absolute atomic E-state index is 20.8. The Labute approximate surface area is 754 Å². The average Bonchev–Trinajstić information content (AvgIpc) is 0.797. The molecule has 0 heterocycles. The van der Waals surface area contributed by atoms with Crippen LogP contribution in [-0.2, 0) is 28.6 Å². The second-order valence-corrected chi connectivity index (χ2v) is 40.0. The van der Waals surface area contributed by atoms with Crippen molar-refractivity contribution in [1.29, 1.82) is 0 Å². The third-order valence-corrected chi connectivity index (χ3v) is 28.8. The molecule has 3 atom stereocenters. The van der Waals surface area contributed by atoms with Crippen LogP contribution in [0.25, 0.3) is 0 Å². The van der Waals surface area contributed by atoms with Crippen LogP contribution >= 0.6 is 0 Å². The maximum Gasteiger partial charge on any atom is 0.342 e. The molecule has 0 bridgehead atoms. The molecule has 121 heavy (non-hydrogen) atoms. The predicted octanol–water partition coefficient (Wildman–Crippen LogP) is 39.3. The zero-order valence-electron chi connectivity index (χ0n) is 84.0. The van der Waals surface area contributed by atoms with Gasteiger partial charge in [-0.1, -0.05) is 545 Å². The Bertz CT molecular complexity index is 2090. The first-order valence-electron chi connectivity index (χ1n) is 55.3. The number of unbranched alkanes of at least 4 members (excludes halogenated alkanes) is 63. The van der Waals surface area contributed by atoms with Gasteiger partial charge >= 0.3 is 17.9 Å². The molecule has 0 aromatic rings. The summed E-state index contributed by atoms with van der Waals surface area (Å²) in [6.45, 7) is 26.6. The van der Waals surface area contributed by atoms with E-state index in [-0.39, 0.29) is 19.3 Å². The molecular weight excluding hydrogens is 1500 g/mol. The van der Waals surface area contributed by atoms with Crippen molar-refractivity contribution in [1.82, 2.24) is 0 Å². The van der Waals surface area contributed by atoms with Crippen LogP contribution in [0.5, 0.6) is 0 Å². The zero-order chi connectivity index (χ0) is 89.3. The van der Waals surface area contributed by atoms with Crippen LogP contribution in [0.15, 0.2) is 0 Å². The zero-order valence-corrected chi connectivity index (χ0v) is 84.0. The Balaban J connectivity index is 9.65. The van der Waals surface area contributed by atoms with Gasteiger partial charge in [-0.15, -0.1) is 0 Å². The van der Waals surface area contributed by atoms with E-state index >= 15 is 27.6 Å². The number of esters is 3. The summed E-state index contributed by atoms with van der Waals surface area (Å²) < 4.78 is 82.2. The van der Waals surface area contributed by atoms with Gasteiger partial charge < -0.3 is 19.3 Å². The molecule has 0 aliphatic heterocycles. The standard InChI is InChI=1S/C111H215F3O7/c1-13-25-37-49-58-61-64-73-82-92-105(88-76-67-52-40-28-16-4,89-77-68-53-41-29-17-5)109(112,97-85-46-34-22-10)119-102(115)100-108(118,104(117)121-111(114,99-87-48-36-24-12)107(94-80-71-56-44-32-20-8,95-81-72-57-45-33-21-9)96-84-75-66-63-60-51-39-27-15-3)101-103(116)120-110(113,98-86-47-35-23-11)106(90-78-69-54-42-30-18-6,91-79-70-55-43-31-19-7)93-83-74-65-62-59-50-38-26-14-2/h118H,13-101H2,1-12H3. The molecule has 0 aliphatic rings. The molecule has 3 unspecified atom stereocenters. The van der Waals surface area contributed by atoms with Crippen molar-refractivity contribution in [3.05, 3.63) is 0 Å². The van der Waals surface area contributed by atoms with Gasteiger partial charge in [-0.3, -0.25) is 9.59 Å². The van der Waals surface area contributed by atoms with Crippen LogP contribution in [0.4, 0.5) is 13.2 Å². The van der Waals surface area contributed by atoms with Crippen molar-refractivity contribution in [3.8, 4) is 0 Å². The number of halogens is 3. The summed E-state index contributed by atoms with van der Waals surface area (Å²) in [6, 6.07) is 0. The predicted molar refractivity (Wildman–Crippen MR) is 521 cm³/mol. The van der Waals surface area contributed by atoms with E-state index in [1.54, 1.807) is 0 Å². The SMILES string of the molecule is CCCCCCCCCCCC(CCCCCCCC)(CCCCCCCC)C(F)(CCCCCC)OC(=O)CC(O)(CC(=O)OC(F)(CCCCCC)C(CCCCCCCC)(CCCCCCCC)CCCCCCCCCCC)C(=O)OC(F)(CCCCCC)C(CCCCCCCC)(CCCCCCCC)CCCCCCCCCCC. The minimum absolute atomic E-state index is 0.0307. The molecule has 10 heteroatoms. The molecule has 722 valence electrons. The molecule has 0 aliphatic carbocycles. The second kappa shape index (κ2) is 81.4. The Hall–Kier alpha value is -1.84. The largest absolute Gasteiger partial charge is 0.428 e. The fraction of sp³-hybridized carbons (Fsp3) is 0.973. The van der Waals surface area contributed by atoms with E-state index in [4.69, 9.17) is 14.2 Å². The summed E-state index contributed by atoms with van der Waals surface area (Å²) in [5.74, 6) is -11.3. The highest BCUT2D eigenvalue weighted by Gasteiger charge is 2.60. The van der Waals surface area contributed by atoms with Gasteiger partial charge in [0.25, 0.3) is 17.6 Å². The van der Waals surface area contributed by atoms with Gasteiger partial charge in [0.05, 0.1) is 12.8 Å². The Morgan fingerprint density at radius 1 is 0.182 bits per heavy atom. The molecule has 0 aromatic carbocycles. The summed E-state index contributed by atoms with van der Waals surface area (Å²) in [5.41, 5.74) is -6.43. The monoisotopic (exact) mass is 1720 g/mol. The van der Waals surface area contributed by atoms with Crippen LogP contribution < -0.4 is 0 Å². The molecule has 0 spiro atoms. The van der Waals surface area contributed by atoms with E-state index in [1.165, 1.54) is 96.3 Å². The maximum atomic E-state index is 20.8. The van der Waals surface area contributed by atoms with E-state index < -0.39 is 70.2 Å². The van der Waals surface area contributed by atoms with Crippen molar-refractivity contribution in [2.45, 2.75) is 678 Å². The summed E-state index contributed by atoms with van der Waals surface area (Å²) >= 11 is 0. The van der Waals surface area contributed by atoms with Gasteiger partial charge in [0.2, 0.25) is 0 Å². The van der Waals surface area contributed by atoms with Crippen LogP contribution in [0.1, 0.15) is 655 Å². The van der Waals surface area contributed by atoms with Crippen LogP contribution in [0, 0.1) is 16.2 Å².